The molecule has 0 radical (unpaired) electrons. The van der Waals surface area contributed by atoms with E-state index < -0.39 is 28.5 Å². The highest BCUT2D eigenvalue weighted by Crippen LogP contribution is 2.28. The number of carbonyl (C=O) groups is 2. The van der Waals surface area contributed by atoms with Crippen LogP contribution < -0.4 is 9.62 Å². The molecule has 10 heteroatoms. The molecule has 2 amide bonds. The first-order valence-corrected chi connectivity index (χ1v) is 13.1. The Morgan fingerprint density at radius 1 is 1.09 bits per heavy atom. The summed E-state index contributed by atoms with van der Waals surface area (Å²) in [6, 6.07) is 11.1. The lowest BCUT2D eigenvalue weighted by Gasteiger charge is -2.32. The molecule has 33 heavy (non-hydrogen) atoms. The van der Waals surface area contributed by atoms with Gasteiger partial charge in [-0.3, -0.25) is 13.9 Å². The average molecular weight is 514 g/mol. The van der Waals surface area contributed by atoms with Gasteiger partial charge in [0.1, 0.15) is 12.6 Å². The number of nitrogens with zero attached hydrogens (tertiary/aromatic N) is 2. The third-order valence-corrected chi connectivity index (χ3v) is 7.07. The van der Waals surface area contributed by atoms with Crippen molar-refractivity contribution < 1.29 is 18.0 Å². The summed E-state index contributed by atoms with van der Waals surface area (Å²) >= 11 is 12.0. The number of anilines is 1. The number of benzene rings is 2. The maximum Gasteiger partial charge on any atom is 0.244 e. The van der Waals surface area contributed by atoms with E-state index in [1.807, 2.05) is 38.1 Å². The van der Waals surface area contributed by atoms with Gasteiger partial charge in [-0.1, -0.05) is 54.4 Å². The van der Waals surface area contributed by atoms with E-state index in [0.29, 0.717) is 6.54 Å². The zero-order valence-electron chi connectivity index (χ0n) is 19.1. The van der Waals surface area contributed by atoms with Crippen molar-refractivity contribution in [1.82, 2.24) is 10.2 Å². The topological polar surface area (TPSA) is 86.8 Å². The van der Waals surface area contributed by atoms with E-state index in [2.05, 4.69) is 5.32 Å². The maximum atomic E-state index is 13.4. The molecule has 2 rings (SSSR count). The molecule has 0 aliphatic carbocycles. The molecule has 0 bridgehead atoms. The summed E-state index contributed by atoms with van der Waals surface area (Å²) < 4.78 is 26.0. The van der Waals surface area contributed by atoms with Crippen molar-refractivity contribution in [2.75, 3.05) is 23.7 Å². The van der Waals surface area contributed by atoms with Gasteiger partial charge < -0.3 is 10.2 Å². The first-order chi connectivity index (χ1) is 15.5. The lowest BCUT2D eigenvalue weighted by Crippen LogP contribution is -2.51. The Morgan fingerprint density at radius 3 is 2.33 bits per heavy atom. The third-order valence-electron chi connectivity index (χ3n) is 5.19. The fraction of sp³-hybridized carbons (Fsp3) is 0.391. The molecule has 1 N–H and O–H groups in total. The van der Waals surface area contributed by atoms with Crippen LogP contribution in [0.5, 0.6) is 0 Å². The lowest BCUT2D eigenvalue weighted by atomic mass is 10.1. The summed E-state index contributed by atoms with van der Waals surface area (Å²) in [5.74, 6) is -0.826. The maximum absolute atomic E-state index is 13.4. The van der Waals surface area contributed by atoms with Crippen molar-refractivity contribution in [2.45, 2.75) is 39.8 Å². The summed E-state index contributed by atoms with van der Waals surface area (Å²) in [5.41, 5.74) is 2.03. The van der Waals surface area contributed by atoms with E-state index >= 15 is 0 Å². The molecule has 0 unspecified atom stereocenters. The Hall–Kier alpha value is -2.29. The van der Waals surface area contributed by atoms with Crippen LogP contribution in [0.2, 0.25) is 10.0 Å². The lowest BCUT2D eigenvalue weighted by molar-refractivity contribution is -0.139. The molecular formula is C23H29Cl2N3O4S. The summed E-state index contributed by atoms with van der Waals surface area (Å²) in [5, 5.41) is 3.23. The van der Waals surface area contributed by atoms with Crippen LogP contribution in [0.15, 0.2) is 42.5 Å². The van der Waals surface area contributed by atoms with E-state index in [1.165, 1.54) is 23.1 Å². The van der Waals surface area contributed by atoms with Crippen LogP contribution in [-0.4, -0.2) is 50.5 Å². The molecule has 0 saturated heterocycles. The Morgan fingerprint density at radius 2 is 1.76 bits per heavy atom. The number of aryl methyl sites for hydroxylation is 1. The number of carbonyl (C=O) groups excluding carboxylic acids is 2. The molecule has 0 saturated carbocycles. The van der Waals surface area contributed by atoms with Gasteiger partial charge >= 0.3 is 0 Å². The summed E-state index contributed by atoms with van der Waals surface area (Å²) in [4.78, 5) is 27.5. The number of nitrogens with one attached hydrogen (secondary N) is 1. The molecule has 0 heterocycles. The fourth-order valence-corrected chi connectivity index (χ4v) is 4.34. The van der Waals surface area contributed by atoms with Gasteiger partial charge in [0.05, 0.1) is 22.0 Å². The molecule has 2 aromatic rings. The van der Waals surface area contributed by atoms with Crippen molar-refractivity contribution in [3.8, 4) is 0 Å². The SMILES string of the molecule is CCCNC(=O)[C@@H](C)N(Cc1ccccc1C)C(=O)CN(c1ccc(Cl)c(Cl)c1)S(C)(=O)=O. The molecule has 7 nitrogen and oxygen atoms in total. The van der Waals surface area contributed by atoms with Gasteiger partial charge in [0.2, 0.25) is 21.8 Å². The molecule has 1 atom stereocenters. The van der Waals surface area contributed by atoms with E-state index in [-0.39, 0.29) is 28.2 Å². The molecule has 0 aliphatic heterocycles. The van der Waals surface area contributed by atoms with E-state index in [1.54, 1.807) is 6.92 Å². The minimum atomic E-state index is -3.83. The zero-order chi connectivity index (χ0) is 24.8. The second-order valence-electron chi connectivity index (χ2n) is 7.78. The first-order valence-electron chi connectivity index (χ1n) is 10.5. The highest BCUT2D eigenvalue weighted by atomic mass is 35.5. The van der Waals surface area contributed by atoms with E-state index in [9.17, 15) is 18.0 Å². The fourth-order valence-electron chi connectivity index (χ4n) is 3.20. The van der Waals surface area contributed by atoms with Crippen molar-refractivity contribution in [3.63, 3.8) is 0 Å². The molecule has 0 aromatic heterocycles. The Kier molecular flexibility index (Phi) is 9.57. The van der Waals surface area contributed by atoms with E-state index in [4.69, 9.17) is 23.2 Å². The Labute approximate surface area is 205 Å². The van der Waals surface area contributed by atoms with Crippen LogP contribution in [-0.2, 0) is 26.2 Å². The standard InChI is InChI=1S/C23H29Cl2N3O4S/c1-5-12-26-23(30)17(3)27(14-18-9-7-6-8-16(18)2)22(29)15-28(33(4,31)32)19-10-11-20(24)21(25)13-19/h6-11,13,17H,5,12,14-15H2,1-4H3,(H,26,30)/t17-/m1/s1. The number of halogens is 2. The van der Waals surface area contributed by atoms with Gasteiger partial charge in [0.25, 0.3) is 0 Å². The third kappa shape index (κ3) is 7.35. The molecule has 0 aliphatic rings. The van der Waals surface area contributed by atoms with Gasteiger partial charge in [0, 0.05) is 13.1 Å². The van der Waals surface area contributed by atoms with Crippen molar-refractivity contribution in [1.29, 1.82) is 0 Å². The van der Waals surface area contributed by atoms with E-state index in [0.717, 1.165) is 28.1 Å². The predicted octanol–water partition coefficient (Wildman–Crippen LogP) is 4.01. The summed E-state index contributed by atoms with van der Waals surface area (Å²) in [7, 11) is -3.83. The number of hydrogen-bond donors (Lipinski definition) is 1. The van der Waals surface area contributed by atoms with Gasteiger partial charge in [0.15, 0.2) is 0 Å². The van der Waals surface area contributed by atoms with Crippen molar-refractivity contribution >= 4 is 50.7 Å². The first kappa shape index (κ1) is 27.0. The second-order valence-corrected chi connectivity index (χ2v) is 10.5. The molecule has 180 valence electrons. The van der Waals surface area contributed by atoms with Gasteiger partial charge in [-0.2, -0.15) is 0 Å². The van der Waals surface area contributed by atoms with Crippen LogP contribution in [0, 0.1) is 6.92 Å². The monoisotopic (exact) mass is 513 g/mol. The highest BCUT2D eigenvalue weighted by molar-refractivity contribution is 7.92. The predicted molar refractivity (Wildman–Crippen MR) is 133 cm³/mol. The van der Waals surface area contributed by atoms with Crippen LogP contribution in [0.4, 0.5) is 5.69 Å². The van der Waals surface area contributed by atoms with Crippen LogP contribution in [0.3, 0.4) is 0 Å². The second kappa shape index (κ2) is 11.7. The largest absolute Gasteiger partial charge is 0.354 e. The molecular weight excluding hydrogens is 485 g/mol. The molecule has 2 aromatic carbocycles. The molecule has 0 spiro atoms. The quantitative estimate of drug-likeness (QED) is 0.519. The summed E-state index contributed by atoms with van der Waals surface area (Å²) in [6.07, 6.45) is 1.76. The van der Waals surface area contributed by atoms with Crippen LogP contribution >= 0.6 is 23.2 Å². The number of sulfonamides is 1. The van der Waals surface area contributed by atoms with Crippen LogP contribution in [0.25, 0.3) is 0 Å². The van der Waals surface area contributed by atoms with Crippen molar-refractivity contribution in [3.05, 3.63) is 63.6 Å². The normalized spacial score (nSPS) is 12.2. The molecule has 0 fully saturated rings. The smallest absolute Gasteiger partial charge is 0.244 e. The van der Waals surface area contributed by atoms with Gasteiger partial charge in [-0.25, -0.2) is 8.42 Å². The minimum Gasteiger partial charge on any atom is -0.354 e. The number of hydrogen-bond acceptors (Lipinski definition) is 4. The summed E-state index contributed by atoms with van der Waals surface area (Å²) in [6.45, 7) is 5.62. The Balaban J connectivity index is 2.40. The average Bonchev–Trinajstić information content (AvgIpc) is 2.75. The minimum absolute atomic E-state index is 0.158. The zero-order valence-corrected chi connectivity index (χ0v) is 21.5. The van der Waals surface area contributed by atoms with Crippen LogP contribution in [0.1, 0.15) is 31.4 Å². The van der Waals surface area contributed by atoms with Gasteiger partial charge in [-0.05, 0) is 49.6 Å². The number of rotatable bonds is 10. The highest BCUT2D eigenvalue weighted by Gasteiger charge is 2.30. The number of amides is 2. The van der Waals surface area contributed by atoms with Crippen molar-refractivity contribution in [2.24, 2.45) is 0 Å². The Bertz CT molecular complexity index is 1110. The van der Waals surface area contributed by atoms with Gasteiger partial charge in [-0.15, -0.1) is 0 Å².